The predicted octanol–water partition coefficient (Wildman–Crippen LogP) is 2.48. The van der Waals surface area contributed by atoms with Gasteiger partial charge in [-0.15, -0.1) is 0 Å². The molecular formula is C11H13N3. The van der Waals surface area contributed by atoms with Crippen molar-refractivity contribution in [2.24, 2.45) is 4.99 Å². The summed E-state index contributed by atoms with van der Waals surface area (Å²) in [5, 5.41) is 0. The van der Waals surface area contributed by atoms with Crippen LogP contribution in [0.3, 0.4) is 0 Å². The van der Waals surface area contributed by atoms with E-state index in [0.717, 1.165) is 17.7 Å². The summed E-state index contributed by atoms with van der Waals surface area (Å²) >= 11 is 0. The fraction of sp³-hybridized carbons (Fsp3) is 0.182. The van der Waals surface area contributed by atoms with Gasteiger partial charge in [-0.05, 0) is 6.42 Å². The molecule has 0 fully saturated rings. The van der Waals surface area contributed by atoms with Gasteiger partial charge in [0.05, 0.1) is 11.9 Å². The second-order valence-corrected chi connectivity index (χ2v) is 2.69. The van der Waals surface area contributed by atoms with E-state index < -0.39 is 0 Å². The van der Waals surface area contributed by atoms with E-state index in [4.69, 9.17) is 0 Å². The topological polar surface area (TPSA) is 38.1 Å². The van der Waals surface area contributed by atoms with Gasteiger partial charge in [0.25, 0.3) is 0 Å². The van der Waals surface area contributed by atoms with E-state index in [1.165, 1.54) is 0 Å². The minimum absolute atomic E-state index is 0.751. The number of rotatable bonds is 4. The van der Waals surface area contributed by atoms with E-state index in [0.29, 0.717) is 0 Å². The normalized spacial score (nSPS) is 11.2. The van der Waals surface area contributed by atoms with Crippen LogP contribution < -0.4 is 0 Å². The van der Waals surface area contributed by atoms with E-state index in [-0.39, 0.29) is 0 Å². The first-order chi connectivity index (χ1) is 6.84. The van der Waals surface area contributed by atoms with Gasteiger partial charge in [0.15, 0.2) is 0 Å². The van der Waals surface area contributed by atoms with Crippen LogP contribution in [0.4, 0.5) is 0 Å². The first-order valence-corrected chi connectivity index (χ1v) is 4.48. The lowest BCUT2D eigenvalue weighted by Gasteiger charge is -1.94. The van der Waals surface area contributed by atoms with Crippen molar-refractivity contribution in [1.29, 1.82) is 0 Å². The second-order valence-electron chi connectivity index (χ2n) is 2.69. The van der Waals surface area contributed by atoms with Crippen molar-refractivity contribution in [3.8, 4) is 0 Å². The maximum atomic E-state index is 4.10. The van der Waals surface area contributed by atoms with Crippen molar-refractivity contribution < 1.29 is 0 Å². The van der Waals surface area contributed by atoms with E-state index >= 15 is 0 Å². The third kappa shape index (κ3) is 3.31. The highest BCUT2D eigenvalue weighted by Gasteiger charge is 1.94. The number of hydrogen-bond donors (Lipinski definition) is 0. The molecule has 0 aliphatic heterocycles. The highest BCUT2D eigenvalue weighted by Crippen LogP contribution is 2.03. The van der Waals surface area contributed by atoms with Gasteiger partial charge in [0.2, 0.25) is 0 Å². The highest BCUT2D eigenvalue weighted by molar-refractivity contribution is 6.07. The van der Waals surface area contributed by atoms with Crippen LogP contribution in [0, 0.1) is 0 Å². The number of nitrogens with zero attached hydrogens (tertiary/aromatic N) is 3. The van der Waals surface area contributed by atoms with Crippen LogP contribution in [-0.4, -0.2) is 16.2 Å². The van der Waals surface area contributed by atoms with E-state index in [2.05, 4.69) is 28.5 Å². The number of hydrogen-bond acceptors (Lipinski definition) is 3. The predicted molar refractivity (Wildman–Crippen MR) is 59.0 cm³/mol. The molecule has 3 heteroatoms. The molecule has 14 heavy (non-hydrogen) atoms. The Hall–Kier alpha value is -1.77. The lowest BCUT2D eigenvalue weighted by Crippen LogP contribution is -1.88. The molecule has 0 aliphatic carbocycles. The summed E-state index contributed by atoms with van der Waals surface area (Å²) in [5.74, 6) is 0. The number of aliphatic imine (C=N–C) groups is 1. The van der Waals surface area contributed by atoms with E-state index in [1.54, 1.807) is 31.0 Å². The van der Waals surface area contributed by atoms with Gasteiger partial charge < -0.3 is 0 Å². The maximum absolute atomic E-state index is 4.10. The zero-order valence-corrected chi connectivity index (χ0v) is 8.22. The van der Waals surface area contributed by atoms with Crippen LogP contribution in [-0.2, 0) is 0 Å². The molecule has 72 valence electrons. The average Bonchev–Trinajstić information content (AvgIpc) is 2.25. The minimum atomic E-state index is 0.751. The van der Waals surface area contributed by atoms with Crippen molar-refractivity contribution in [3.05, 3.63) is 43.1 Å². The van der Waals surface area contributed by atoms with Crippen molar-refractivity contribution in [2.45, 2.75) is 13.3 Å². The lowest BCUT2D eigenvalue weighted by molar-refractivity contribution is 1.17. The molecule has 3 nitrogen and oxygen atoms in total. The molecule has 0 N–H and O–H groups in total. The molecule has 0 saturated carbocycles. The SMILES string of the molecule is C=C(C=N/C=C\CC)c1cnccn1. The smallest absolute Gasteiger partial charge is 0.0894 e. The van der Waals surface area contributed by atoms with Crippen molar-refractivity contribution in [2.75, 3.05) is 0 Å². The number of aromatic nitrogens is 2. The molecule has 0 unspecified atom stereocenters. The molecular weight excluding hydrogens is 174 g/mol. The summed E-state index contributed by atoms with van der Waals surface area (Å²) in [4.78, 5) is 12.1. The van der Waals surface area contributed by atoms with E-state index in [1.807, 2.05) is 6.08 Å². The third-order valence-electron chi connectivity index (χ3n) is 1.55. The highest BCUT2D eigenvalue weighted by atomic mass is 14.8. The Morgan fingerprint density at radius 1 is 1.57 bits per heavy atom. The summed E-state index contributed by atoms with van der Waals surface area (Å²) in [7, 11) is 0. The number of allylic oxidation sites excluding steroid dienone is 2. The van der Waals surface area contributed by atoms with Crippen molar-refractivity contribution in [1.82, 2.24) is 9.97 Å². The monoisotopic (exact) mass is 187 g/mol. The Balaban J connectivity index is 2.59. The Morgan fingerprint density at radius 3 is 3.07 bits per heavy atom. The minimum Gasteiger partial charge on any atom is -0.264 e. The Bertz CT molecular complexity index is 339. The van der Waals surface area contributed by atoms with Crippen LogP contribution in [0.1, 0.15) is 19.0 Å². The van der Waals surface area contributed by atoms with Crippen molar-refractivity contribution >= 4 is 11.8 Å². The summed E-state index contributed by atoms with van der Waals surface area (Å²) in [5.41, 5.74) is 1.51. The summed E-state index contributed by atoms with van der Waals surface area (Å²) in [6, 6.07) is 0. The molecule has 0 atom stereocenters. The summed E-state index contributed by atoms with van der Waals surface area (Å²) < 4.78 is 0. The zero-order valence-electron chi connectivity index (χ0n) is 8.22. The zero-order chi connectivity index (χ0) is 10.2. The van der Waals surface area contributed by atoms with Crippen LogP contribution in [0.25, 0.3) is 5.57 Å². The molecule has 1 heterocycles. The lowest BCUT2D eigenvalue weighted by atomic mass is 10.2. The molecule has 0 saturated heterocycles. The van der Waals surface area contributed by atoms with Gasteiger partial charge in [0.1, 0.15) is 0 Å². The van der Waals surface area contributed by atoms with E-state index in [9.17, 15) is 0 Å². The van der Waals surface area contributed by atoms with Crippen LogP contribution in [0.2, 0.25) is 0 Å². The van der Waals surface area contributed by atoms with Crippen LogP contribution in [0.5, 0.6) is 0 Å². The Morgan fingerprint density at radius 2 is 2.43 bits per heavy atom. The average molecular weight is 187 g/mol. The van der Waals surface area contributed by atoms with Gasteiger partial charge in [-0.2, -0.15) is 0 Å². The summed E-state index contributed by atoms with van der Waals surface area (Å²) in [6.07, 6.45) is 11.3. The maximum Gasteiger partial charge on any atom is 0.0894 e. The largest absolute Gasteiger partial charge is 0.264 e. The van der Waals surface area contributed by atoms with Gasteiger partial charge in [-0.25, -0.2) is 0 Å². The molecule has 1 rings (SSSR count). The fourth-order valence-electron chi connectivity index (χ4n) is 0.830. The van der Waals surface area contributed by atoms with Crippen LogP contribution in [0.15, 0.2) is 42.4 Å². The van der Waals surface area contributed by atoms with Gasteiger partial charge in [-0.1, -0.05) is 19.6 Å². The molecule has 0 spiro atoms. The molecule has 0 bridgehead atoms. The molecule has 0 radical (unpaired) electrons. The molecule has 1 aromatic rings. The Labute approximate surface area is 83.9 Å². The first-order valence-electron chi connectivity index (χ1n) is 4.48. The molecule has 0 aliphatic rings. The summed E-state index contributed by atoms with van der Waals surface area (Å²) in [6.45, 7) is 5.90. The van der Waals surface area contributed by atoms with Gasteiger partial charge >= 0.3 is 0 Å². The molecule has 1 aromatic heterocycles. The quantitative estimate of drug-likeness (QED) is 0.679. The van der Waals surface area contributed by atoms with Crippen LogP contribution >= 0.6 is 0 Å². The van der Waals surface area contributed by atoms with Gasteiger partial charge in [0, 0.05) is 30.4 Å². The fourth-order valence-corrected chi connectivity index (χ4v) is 0.830. The molecule has 0 aromatic carbocycles. The second kappa shape index (κ2) is 5.80. The molecule has 0 amide bonds. The third-order valence-corrected chi connectivity index (χ3v) is 1.55. The van der Waals surface area contributed by atoms with Crippen molar-refractivity contribution in [3.63, 3.8) is 0 Å². The van der Waals surface area contributed by atoms with Gasteiger partial charge in [-0.3, -0.25) is 15.0 Å². The standard InChI is InChI=1S/C11H13N3/c1-3-4-5-12-8-10(2)11-9-13-6-7-14-11/h4-9H,2-3H2,1H3/b5-4-,12-8?. The Kier molecular flexibility index (Phi) is 4.27. The first kappa shape index (κ1) is 10.3.